The standard InChI is InChI=1S/C11H17O2/c1-3-7-10(12-4-2)11-8-5-6-9-13-11/h3,7-8H,4-6,9H2,1-2H3/q+1/b7-3+. The fraction of sp³-hybridized carbons (Fsp3) is 0.545. The third-order valence-corrected chi connectivity index (χ3v) is 1.80. The van der Waals surface area contributed by atoms with Crippen molar-refractivity contribution in [3.05, 3.63) is 24.0 Å². The maximum atomic E-state index is 5.49. The van der Waals surface area contributed by atoms with Gasteiger partial charge in [0.2, 0.25) is 5.76 Å². The van der Waals surface area contributed by atoms with Crippen LogP contribution in [0.25, 0.3) is 0 Å². The van der Waals surface area contributed by atoms with Crippen LogP contribution in [0.1, 0.15) is 26.7 Å². The maximum Gasteiger partial charge on any atom is 0.384 e. The molecule has 0 aromatic carbocycles. The second kappa shape index (κ2) is 5.57. The van der Waals surface area contributed by atoms with E-state index in [0.717, 1.165) is 31.0 Å². The Hall–Kier alpha value is -1.05. The lowest BCUT2D eigenvalue weighted by Crippen LogP contribution is -2.11. The Morgan fingerprint density at radius 3 is 3.08 bits per heavy atom. The van der Waals surface area contributed by atoms with E-state index in [2.05, 4.69) is 6.08 Å². The molecule has 0 fully saturated rings. The van der Waals surface area contributed by atoms with Crippen LogP contribution < -0.4 is 0 Å². The fourth-order valence-electron chi connectivity index (χ4n) is 1.24. The van der Waals surface area contributed by atoms with Crippen molar-refractivity contribution in [3.63, 3.8) is 0 Å². The number of carbonyl (C=O) groups excluding carboxylic acids is 1. The van der Waals surface area contributed by atoms with Gasteiger partial charge < -0.3 is 4.74 Å². The first-order valence-corrected chi connectivity index (χ1v) is 4.84. The van der Waals surface area contributed by atoms with Crippen LogP contribution >= 0.6 is 0 Å². The molecule has 0 amide bonds. The molecular weight excluding hydrogens is 164 g/mol. The molecule has 0 bridgehead atoms. The average molecular weight is 181 g/mol. The van der Waals surface area contributed by atoms with Crippen molar-refractivity contribution < 1.29 is 9.16 Å². The Morgan fingerprint density at radius 2 is 2.54 bits per heavy atom. The molecule has 2 nitrogen and oxygen atoms in total. The van der Waals surface area contributed by atoms with Crippen molar-refractivity contribution >= 4 is 5.78 Å². The van der Waals surface area contributed by atoms with Crippen LogP contribution in [0.3, 0.4) is 0 Å². The van der Waals surface area contributed by atoms with E-state index in [1.165, 1.54) is 0 Å². The highest BCUT2D eigenvalue weighted by atomic mass is 16.5. The van der Waals surface area contributed by atoms with E-state index in [4.69, 9.17) is 9.16 Å². The number of ketones is 1. The van der Waals surface area contributed by atoms with Gasteiger partial charge in [-0.15, -0.1) is 0 Å². The minimum Gasteiger partial charge on any atom is -0.485 e. The molecule has 0 N–H and O–H groups in total. The van der Waals surface area contributed by atoms with E-state index in [1.807, 2.05) is 26.0 Å². The van der Waals surface area contributed by atoms with Crippen LogP contribution in [0.2, 0.25) is 0 Å². The van der Waals surface area contributed by atoms with Crippen molar-refractivity contribution in [2.24, 2.45) is 0 Å². The number of hydrogen-bond acceptors (Lipinski definition) is 1. The summed E-state index contributed by atoms with van der Waals surface area (Å²) in [5.74, 6) is 1.75. The van der Waals surface area contributed by atoms with Gasteiger partial charge in [0.1, 0.15) is 0 Å². The topological polar surface area (TPSA) is 20.5 Å². The number of allylic oxidation sites excluding steroid dienone is 3. The van der Waals surface area contributed by atoms with Crippen molar-refractivity contribution in [2.75, 3.05) is 13.2 Å². The van der Waals surface area contributed by atoms with Crippen molar-refractivity contribution in [1.82, 2.24) is 0 Å². The molecule has 0 aliphatic carbocycles. The first-order chi connectivity index (χ1) is 6.38. The Morgan fingerprint density at radius 1 is 1.69 bits per heavy atom. The first-order valence-electron chi connectivity index (χ1n) is 4.84. The zero-order valence-electron chi connectivity index (χ0n) is 8.38. The van der Waals surface area contributed by atoms with E-state index < -0.39 is 0 Å². The fourth-order valence-corrected chi connectivity index (χ4v) is 1.24. The van der Waals surface area contributed by atoms with Crippen LogP contribution in [0, 0.1) is 0 Å². The van der Waals surface area contributed by atoms with Crippen LogP contribution in [-0.4, -0.2) is 19.0 Å². The minimum atomic E-state index is 0.681. The predicted molar refractivity (Wildman–Crippen MR) is 53.6 cm³/mol. The number of ether oxygens (including phenoxy) is 1. The molecule has 0 saturated heterocycles. The van der Waals surface area contributed by atoms with Gasteiger partial charge in [0, 0.05) is 13.0 Å². The largest absolute Gasteiger partial charge is 0.485 e. The van der Waals surface area contributed by atoms with Gasteiger partial charge in [-0.3, -0.25) is 4.42 Å². The van der Waals surface area contributed by atoms with Crippen molar-refractivity contribution in [3.8, 4) is 0 Å². The second-order valence-corrected chi connectivity index (χ2v) is 2.86. The lowest BCUT2D eigenvalue weighted by atomic mass is 10.2. The Balaban J connectivity index is 2.74. The highest BCUT2D eigenvalue weighted by molar-refractivity contribution is 6.02. The lowest BCUT2D eigenvalue weighted by molar-refractivity contribution is -0.451. The van der Waals surface area contributed by atoms with Gasteiger partial charge in [0.15, 0.2) is 0 Å². The Bertz CT molecular complexity index is 236. The molecule has 1 heterocycles. The molecule has 0 spiro atoms. The number of hydrogen-bond donors (Lipinski definition) is 0. The van der Waals surface area contributed by atoms with Crippen LogP contribution in [0.5, 0.6) is 0 Å². The zero-order chi connectivity index (χ0) is 9.52. The summed E-state index contributed by atoms with van der Waals surface area (Å²) in [4.78, 5) is 0. The van der Waals surface area contributed by atoms with Crippen molar-refractivity contribution in [2.45, 2.75) is 26.7 Å². The second-order valence-electron chi connectivity index (χ2n) is 2.86. The summed E-state index contributed by atoms with van der Waals surface area (Å²) in [6.07, 6.45) is 8.20. The quantitative estimate of drug-likeness (QED) is 0.483. The van der Waals surface area contributed by atoms with Gasteiger partial charge in [-0.05, 0) is 25.8 Å². The molecule has 0 saturated carbocycles. The third kappa shape index (κ3) is 3.05. The highest BCUT2D eigenvalue weighted by Gasteiger charge is 2.18. The molecule has 0 aromatic rings. The van der Waals surface area contributed by atoms with Crippen LogP contribution in [0.4, 0.5) is 0 Å². The summed E-state index contributed by atoms with van der Waals surface area (Å²) in [6.45, 7) is 5.44. The predicted octanol–water partition coefficient (Wildman–Crippen LogP) is 2.38. The highest BCUT2D eigenvalue weighted by Crippen LogP contribution is 2.11. The van der Waals surface area contributed by atoms with E-state index in [1.54, 1.807) is 0 Å². The van der Waals surface area contributed by atoms with Crippen LogP contribution in [-0.2, 0) is 9.16 Å². The number of rotatable bonds is 3. The monoisotopic (exact) mass is 181 g/mol. The molecule has 0 aromatic heterocycles. The maximum absolute atomic E-state index is 5.49. The summed E-state index contributed by atoms with van der Waals surface area (Å²) in [7, 11) is 0. The summed E-state index contributed by atoms with van der Waals surface area (Å²) in [5, 5.41) is 0. The van der Waals surface area contributed by atoms with E-state index in [0.29, 0.717) is 6.61 Å². The average Bonchev–Trinajstić information content (AvgIpc) is 2.19. The third-order valence-electron chi connectivity index (χ3n) is 1.80. The van der Waals surface area contributed by atoms with Gasteiger partial charge in [0.05, 0.1) is 6.61 Å². The Labute approximate surface area is 79.6 Å². The van der Waals surface area contributed by atoms with Gasteiger partial charge in [-0.2, -0.15) is 0 Å². The van der Waals surface area contributed by atoms with E-state index in [9.17, 15) is 0 Å². The normalized spacial score (nSPS) is 18.6. The van der Waals surface area contributed by atoms with Crippen LogP contribution in [0.15, 0.2) is 24.0 Å². The van der Waals surface area contributed by atoms with Gasteiger partial charge in [-0.1, -0.05) is 6.08 Å². The summed E-state index contributed by atoms with van der Waals surface area (Å²) in [6, 6.07) is 0. The molecule has 13 heavy (non-hydrogen) atoms. The van der Waals surface area contributed by atoms with E-state index >= 15 is 0 Å². The Kier molecular flexibility index (Phi) is 4.30. The molecular formula is C11H17O2+. The lowest BCUT2D eigenvalue weighted by Gasteiger charge is -2.09. The summed E-state index contributed by atoms with van der Waals surface area (Å²) < 4.78 is 11.0. The molecule has 0 unspecified atom stereocenters. The van der Waals surface area contributed by atoms with Gasteiger partial charge in [0.25, 0.3) is 6.61 Å². The van der Waals surface area contributed by atoms with Gasteiger partial charge >= 0.3 is 5.78 Å². The van der Waals surface area contributed by atoms with E-state index in [-0.39, 0.29) is 0 Å². The molecule has 72 valence electrons. The molecule has 1 aliphatic heterocycles. The SMILES string of the molecule is C/C=C/C(=[O+]CC)C1=CCCCO1. The van der Waals surface area contributed by atoms with Gasteiger partial charge in [-0.25, -0.2) is 0 Å². The minimum absolute atomic E-state index is 0.681. The van der Waals surface area contributed by atoms with Crippen molar-refractivity contribution in [1.29, 1.82) is 0 Å². The summed E-state index contributed by atoms with van der Waals surface area (Å²) in [5.41, 5.74) is 0. The summed E-state index contributed by atoms with van der Waals surface area (Å²) >= 11 is 0. The smallest absolute Gasteiger partial charge is 0.384 e. The first kappa shape index (κ1) is 10.0. The molecule has 2 heteroatoms. The molecule has 0 atom stereocenters. The molecule has 1 aliphatic rings. The molecule has 1 rings (SSSR count). The zero-order valence-corrected chi connectivity index (χ0v) is 8.38. The molecule has 0 radical (unpaired) electrons.